The van der Waals surface area contributed by atoms with E-state index in [2.05, 4.69) is 41.9 Å². The summed E-state index contributed by atoms with van der Waals surface area (Å²) in [5.41, 5.74) is 10.1. The number of carbonyl (C=O) groups is 1. The van der Waals surface area contributed by atoms with Gasteiger partial charge in [-0.05, 0) is 44.5 Å². The number of nitrogens with one attached hydrogen (secondary N) is 1. The van der Waals surface area contributed by atoms with Gasteiger partial charge in [-0.15, -0.1) is 0 Å². The summed E-state index contributed by atoms with van der Waals surface area (Å²) < 4.78 is 2.25. The molecular weight excluding hydrogens is 262 g/mol. The number of hydrogen-bond acceptors (Lipinski definition) is 2. The molecule has 21 heavy (non-hydrogen) atoms. The van der Waals surface area contributed by atoms with E-state index in [1.807, 2.05) is 25.1 Å². The first kappa shape index (κ1) is 15.3. The molecule has 4 nitrogen and oxygen atoms in total. The quantitative estimate of drug-likeness (QED) is 0.856. The normalized spacial score (nSPS) is 12.3. The monoisotopic (exact) mass is 285 g/mol. The molecule has 0 spiro atoms. The lowest BCUT2D eigenvalue weighted by Crippen LogP contribution is -2.30. The van der Waals surface area contributed by atoms with Crippen LogP contribution in [0.3, 0.4) is 0 Å². The molecule has 0 bridgehead atoms. The van der Waals surface area contributed by atoms with Crippen LogP contribution in [0.4, 0.5) is 0 Å². The fourth-order valence-corrected chi connectivity index (χ4v) is 2.64. The summed E-state index contributed by atoms with van der Waals surface area (Å²) in [6, 6.07) is 12.6. The standard InChI is InChI=1S/C17H23N3O/c1-12(9-17(18)21)19-11-15-10-13(2)20(14(15)3)16-7-5-4-6-8-16/h4-8,10,12,19H,9,11H2,1-3H3,(H2,18,21). The highest BCUT2D eigenvalue weighted by Gasteiger charge is 2.12. The molecule has 1 heterocycles. The van der Waals surface area contributed by atoms with Crippen molar-refractivity contribution in [2.24, 2.45) is 5.73 Å². The van der Waals surface area contributed by atoms with Gasteiger partial charge in [-0.3, -0.25) is 4.79 Å². The number of primary amides is 1. The highest BCUT2D eigenvalue weighted by atomic mass is 16.1. The highest BCUT2D eigenvalue weighted by Crippen LogP contribution is 2.20. The summed E-state index contributed by atoms with van der Waals surface area (Å²) in [6.45, 7) is 6.94. The van der Waals surface area contributed by atoms with Crippen LogP contribution in [0, 0.1) is 13.8 Å². The Morgan fingerprint density at radius 3 is 2.57 bits per heavy atom. The number of para-hydroxylation sites is 1. The summed E-state index contributed by atoms with van der Waals surface area (Å²) >= 11 is 0. The van der Waals surface area contributed by atoms with Crippen molar-refractivity contribution in [1.82, 2.24) is 9.88 Å². The predicted octanol–water partition coefficient (Wildman–Crippen LogP) is 2.45. The molecule has 0 aliphatic rings. The van der Waals surface area contributed by atoms with Gasteiger partial charge in [-0.25, -0.2) is 0 Å². The van der Waals surface area contributed by atoms with Gasteiger partial charge < -0.3 is 15.6 Å². The van der Waals surface area contributed by atoms with E-state index in [1.165, 1.54) is 22.6 Å². The molecule has 0 saturated carbocycles. The van der Waals surface area contributed by atoms with Crippen LogP contribution in [0.25, 0.3) is 5.69 Å². The van der Waals surface area contributed by atoms with Crippen LogP contribution in [0.1, 0.15) is 30.3 Å². The minimum atomic E-state index is -0.273. The fraction of sp³-hybridized carbons (Fsp3) is 0.353. The van der Waals surface area contributed by atoms with Crippen LogP contribution in [-0.4, -0.2) is 16.5 Å². The Bertz CT molecular complexity index is 616. The topological polar surface area (TPSA) is 60.0 Å². The third kappa shape index (κ3) is 3.73. The van der Waals surface area contributed by atoms with Gasteiger partial charge in [-0.1, -0.05) is 18.2 Å². The third-order valence-electron chi connectivity index (χ3n) is 3.70. The largest absolute Gasteiger partial charge is 0.370 e. The van der Waals surface area contributed by atoms with Gasteiger partial charge in [0.15, 0.2) is 0 Å². The molecule has 2 aromatic rings. The van der Waals surface area contributed by atoms with Crippen LogP contribution in [0.15, 0.2) is 36.4 Å². The molecule has 3 N–H and O–H groups in total. The number of rotatable bonds is 6. The molecular formula is C17H23N3O. The molecule has 0 fully saturated rings. The number of aryl methyl sites for hydroxylation is 1. The molecule has 1 amide bonds. The van der Waals surface area contributed by atoms with Crippen LogP contribution < -0.4 is 11.1 Å². The van der Waals surface area contributed by atoms with Crippen molar-refractivity contribution in [3.63, 3.8) is 0 Å². The number of nitrogens with two attached hydrogens (primary N) is 1. The van der Waals surface area contributed by atoms with Crippen molar-refractivity contribution in [3.8, 4) is 5.69 Å². The van der Waals surface area contributed by atoms with Crippen LogP contribution in [0.2, 0.25) is 0 Å². The van der Waals surface area contributed by atoms with Gasteiger partial charge in [-0.2, -0.15) is 0 Å². The summed E-state index contributed by atoms with van der Waals surface area (Å²) in [5, 5.41) is 3.35. The predicted molar refractivity (Wildman–Crippen MR) is 85.4 cm³/mol. The highest BCUT2D eigenvalue weighted by molar-refractivity contribution is 5.74. The maximum Gasteiger partial charge on any atom is 0.218 e. The molecule has 4 heteroatoms. The average Bonchev–Trinajstić information content (AvgIpc) is 2.71. The van der Waals surface area contributed by atoms with Crippen molar-refractivity contribution in [2.45, 2.75) is 39.8 Å². The molecule has 1 unspecified atom stereocenters. The number of benzene rings is 1. The van der Waals surface area contributed by atoms with Gasteiger partial charge in [0.25, 0.3) is 0 Å². The van der Waals surface area contributed by atoms with E-state index >= 15 is 0 Å². The number of amides is 1. The molecule has 0 radical (unpaired) electrons. The van der Waals surface area contributed by atoms with Gasteiger partial charge in [0, 0.05) is 36.1 Å². The maximum absolute atomic E-state index is 10.9. The van der Waals surface area contributed by atoms with Crippen molar-refractivity contribution in [3.05, 3.63) is 53.3 Å². The van der Waals surface area contributed by atoms with E-state index < -0.39 is 0 Å². The van der Waals surface area contributed by atoms with Crippen molar-refractivity contribution < 1.29 is 4.79 Å². The van der Waals surface area contributed by atoms with Crippen LogP contribution >= 0.6 is 0 Å². The average molecular weight is 285 g/mol. The zero-order valence-electron chi connectivity index (χ0n) is 12.9. The summed E-state index contributed by atoms with van der Waals surface area (Å²) in [5.74, 6) is -0.273. The minimum Gasteiger partial charge on any atom is -0.370 e. The molecule has 0 aliphatic carbocycles. The first-order valence-corrected chi connectivity index (χ1v) is 7.24. The van der Waals surface area contributed by atoms with Crippen molar-refractivity contribution in [2.75, 3.05) is 0 Å². The van der Waals surface area contributed by atoms with Crippen LogP contribution in [-0.2, 0) is 11.3 Å². The van der Waals surface area contributed by atoms with E-state index in [4.69, 9.17) is 5.73 Å². The zero-order chi connectivity index (χ0) is 15.4. The molecule has 0 aliphatic heterocycles. The van der Waals surface area contributed by atoms with E-state index in [9.17, 15) is 4.79 Å². The molecule has 1 aromatic carbocycles. The summed E-state index contributed by atoms with van der Waals surface area (Å²) in [6.07, 6.45) is 0.359. The summed E-state index contributed by atoms with van der Waals surface area (Å²) in [7, 11) is 0. The molecule has 1 atom stereocenters. The van der Waals surface area contributed by atoms with E-state index in [0.29, 0.717) is 6.42 Å². The lowest BCUT2D eigenvalue weighted by Gasteiger charge is -2.13. The van der Waals surface area contributed by atoms with Crippen molar-refractivity contribution in [1.29, 1.82) is 0 Å². The maximum atomic E-state index is 10.9. The molecule has 0 saturated heterocycles. The number of carbonyl (C=O) groups excluding carboxylic acids is 1. The SMILES string of the molecule is Cc1cc(CNC(C)CC(N)=O)c(C)n1-c1ccccc1. The Balaban J connectivity index is 2.14. The van der Waals surface area contributed by atoms with E-state index in [1.54, 1.807) is 0 Å². The number of nitrogens with zero attached hydrogens (tertiary/aromatic N) is 1. The number of hydrogen-bond donors (Lipinski definition) is 2. The van der Waals surface area contributed by atoms with Crippen molar-refractivity contribution >= 4 is 5.91 Å². The Kier molecular flexibility index (Phi) is 4.81. The van der Waals surface area contributed by atoms with Gasteiger partial charge in [0.1, 0.15) is 0 Å². The minimum absolute atomic E-state index is 0.0854. The smallest absolute Gasteiger partial charge is 0.218 e. The van der Waals surface area contributed by atoms with Crippen LogP contribution in [0.5, 0.6) is 0 Å². The Hall–Kier alpha value is -2.07. The lowest BCUT2D eigenvalue weighted by atomic mass is 10.2. The van der Waals surface area contributed by atoms with Gasteiger partial charge in [0.2, 0.25) is 5.91 Å². The van der Waals surface area contributed by atoms with Gasteiger partial charge in [0.05, 0.1) is 0 Å². The van der Waals surface area contributed by atoms with Gasteiger partial charge >= 0.3 is 0 Å². The second-order valence-corrected chi connectivity index (χ2v) is 5.52. The molecule has 1 aromatic heterocycles. The number of aromatic nitrogens is 1. The molecule has 2 rings (SSSR count). The summed E-state index contributed by atoms with van der Waals surface area (Å²) in [4.78, 5) is 10.9. The Labute approximate surface area is 126 Å². The van der Waals surface area contributed by atoms with E-state index in [0.717, 1.165) is 6.54 Å². The molecule has 112 valence electrons. The zero-order valence-corrected chi connectivity index (χ0v) is 12.9. The Morgan fingerprint density at radius 2 is 1.95 bits per heavy atom. The lowest BCUT2D eigenvalue weighted by molar-refractivity contribution is -0.118. The fourth-order valence-electron chi connectivity index (χ4n) is 2.64. The first-order valence-electron chi connectivity index (χ1n) is 7.24. The van der Waals surface area contributed by atoms with E-state index in [-0.39, 0.29) is 11.9 Å². The third-order valence-corrected chi connectivity index (χ3v) is 3.70. The second-order valence-electron chi connectivity index (χ2n) is 5.52. The Morgan fingerprint density at radius 1 is 1.29 bits per heavy atom. The second kappa shape index (κ2) is 6.59. The first-order chi connectivity index (χ1) is 9.99.